The molecular formula is C19H21N3O5. The van der Waals surface area contributed by atoms with Gasteiger partial charge in [0, 0.05) is 17.8 Å². The molecule has 8 heteroatoms. The van der Waals surface area contributed by atoms with E-state index >= 15 is 0 Å². The predicted molar refractivity (Wildman–Crippen MR) is 102 cm³/mol. The van der Waals surface area contributed by atoms with E-state index in [0.29, 0.717) is 5.69 Å². The second-order valence-corrected chi connectivity index (χ2v) is 5.95. The maximum absolute atomic E-state index is 12.3. The van der Waals surface area contributed by atoms with Crippen molar-refractivity contribution in [3.8, 4) is 5.75 Å². The number of nitro benzene ring substituents is 1. The van der Waals surface area contributed by atoms with Gasteiger partial charge in [0.05, 0.1) is 17.7 Å². The number of nitrogens with zero attached hydrogens (tertiary/aromatic N) is 1. The molecule has 2 aromatic rings. The Kier molecular flexibility index (Phi) is 6.48. The maximum Gasteiger partial charge on any atom is 0.314 e. The van der Waals surface area contributed by atoms with E-state index in [-0.39, 0.29) is 23.0 Å². The molecule has 0 aliphatic carbocycles. The number of ether oxygens (including phenoxy) is 1. The summed E-state index contributed by atoms with van der Waals surface area (Å²) in [5, 5.41) is 15.9. The van der Waals surface area contributed by atoms with E-state index < -0.39 is 16.7 Å². The summed E-state index contributed by atoms with van der Waals surface area (Å²) in [5.74, 6) is -1.41. The van der Waals surface area contributed by atoms with Gasteiger partial charge in [-0.15, -0.1) is 0 Å². The molecule has 2 N–H and O–H groups in total. The van der Waals surface area contributed by atoms with Gasteiger partial charge in [0.2, 0.25) is 0 Å². The van der Waals surface area contributed by atoms with Crippen molar-refractivity contribution in [1.29, 1.82) is 0 Å². The van der Waals surface area contributed by atoms with Crippen LogP contribution in [0.5, 0.6) is 5.75 Å². The van der Waals surface area contributed by atoms with Crippen molar-refractivity contribution in [2.45, 2.75) is 26.2 Å². The zero-order valence-corrected chi connectivity index (χ0v) is 15.3. The molecule has 27 heavy (non-hydrogen) atoms. The number of anilines is 2. The third-order valence-corrected chi connectivity index (χ3v) is 4.20. The van der Waals surface area contributed by atoms with E-state index in [1.165, 1.54) is 19.2 Å². The second kappa shape index (κ2) is 8.79. The summed E-state index contributed by atoms with van der Waals surface area (Å²) in [7, 11) is 1.36. The molecule has 2 aromatic carbocycles. The number of nitro groups is 1. The summed E-state index contributed by atoms with van der Waals surface area (Å²) in [6.45, 7) is 4.06. The molecule has 0 bridgehead atoms. The van der Waals surface area contributed by atoms with Crippen LogP contribution in [0, 0.1) is 10.1 Å². The number of rotatable bonds is 6. The fourth-order valence-electron chi connectivity index (χ4n) is 2.53. The number of hydrogen-bond acceptors (Lipinski definition) is 5. The van der Waals surface area contributed by atoms with Gasteiger partial charge >= 0.3 is 11.8 Å². The topological polar surface area (TPSA) is 111 Å². The first kappa shape index (κ1) is 19.9. The van der Waals surface area contributed by atoms with E-state index in [4.69, 9.17) is 4.74 Å². The molecule has 2 rings (SSSR count). The SMILES string of the molecule is CCC(C)c1ccccc1NC(=O)C(=O)Nc1cc([N+](=O)[O-])ccc1OC. The average molecular weight is 371 g/mol. The Morgan fingerprint density at radius 1 is 1.11 bits per heavy atom. The molecule has 2 amide bonds. The summed E-state index contributed by atoms with van der Waals surface area (Å²) in [6, 6.07) is 11.0. The summed E-state index contributed by atoms with van der Waals surface area (Å²) in [5.41, 5.74) is 1.29. The van der Waals surface area contributed by atoms with Crippen LogP contribution in [0.25, 0.3) is 0 Å². The smallest absolute Gasteiger partial charge is 0.314 e. The molecule has 1 unspecified atom stereocenters. The van der Waals surface area contributed by atoms with Gasteiger partial charge in [-0.05, 0) is 30.0 Å². The molecular weight excluding hydrogens is 350 g/mol. The van der Waals surface area contributed by atoms with Crippen LogP contribution in [0.1, 0.15) is 31.7 Å². The lowest BCUT2D eigenvalue weighted by atomic mass is 9.97. The van der Waals surface area contributed by atoms with Crippen LogP contribution in [-0.4, -0.2) is 23.8 Å². The molecule has 0 heterocycles. The average Bonchev–Trinajstić information content (AvgIpc) is 2.67. The molecule has 0 spiro atoms. The lowest BCUT2D eigenvalue weighted by Gasteiger charge is -2.15. The predicted octanol–water partition coefficient (Wildman–Crippen LogP) is 3.69. The highest BCUT2D eigenvalue weighted by Gasteiger charge is 2.20. The number of methoxy groups -OCH3 is 1. The van der Waals surface area contributed by atoms with Gasteiger partial charge in [0.1, 0.15) is 5.75 Å². The Bertz CT molecular complexity index is 866. The van der Waals surface area contributed by atoms with Crippen LogP contribution in [0.2, 0.25) is 0 Å². The first-order chi connectivity index (χ1) is 12.9. The summed E-state index contributed by atoms with van der Waals surface area (Å²) in [6.07, 6.45) is 0.879. The van der Waals surface area contributed by atoms with E-state index in [9.17, 15) is 19.7 Å². The lowest BCUT2D eigenvalue weighted by Crippen LogP contribution is -2.29. The minimum atomic E-state index is -0.951. The molecule has 142 valence electrons. The summed E-state index contributed by atoms with van der Waals surface area (Å²) < 4.78 is 5.08. The van der Waals surface area contributed by atoms with E-state index in [1.54, 1.807) is 12.1 Å². The fraction of sp³-hybridized carbons (Fsp3) is 0.263. The zero-order chi connectivity index (χ0) is 20.0. The lowest BCUT2D eigenvalue weighted by molar-refractivity contribution is -0.384. The Labute approximate surface area is 156 Å². The van der Waals surface area contributed by atoms with Crippen molar-refractivity contribution >= 4 is 28.9 Å². The summed E-state index contributed by atoms with van der Waals surface area (Å²) in [4.78, 5) is 34.9. The number of amides is 2. The first-order valence-electron chi connectivity index (χ1n) is 8.41. The molecule has 0 aliphatic rings. The number of non-ortho nitro benzene ring substituents is 1. The standard InChI is InChI=1S/C19H21N3O5/c1-4-12(2)14-7-5-6-8-15(14)20-18(23)19(24)21-16-11-13(22(25)26)9-10-17(16)27-3/h5-12H,4H2,1-3H3,(H,20,23)(H,21,24). The number of para-hydroxylation sites is 1. The van der Waals surface area contributed by atoms with E-state index in [0.717, 1.165) is 18.1 Å². The molecule has 1 atom stereocenters. The van der Waals surface area contributed by atoms with E-state index in [2.05, 4.69) is 10.6 Å². The normalized spacial score (nSPS) is 11.4. The van der Waals surface area contributed by atoms with Crippen molar-refractivity contribution in [3.05, 3.63) is 58.1 Å². The molecule has 0 fully saturated rings. The van der Waals surface area contributed by atoms with Crippen molar-refractivity contribution in [1.82, 2.24) is 0 Å². The third-order valence-electron chi connectivity index (χ3n) is 4.20. The zero-order valence-electron chi connectivity index (χ0n) is 15.3. The largest absolute Gasteiger partial charge is 0.495 e. The maximum atomic E-state index is 12.3. The Morgan fingerprint density at radius 2 is 1.74 bits per heavy atom. The molecule has 0 aliphatic heterocycles. The molecule has 0 saturated carbocycles. The molecule has 0 aromatic heterocycles. The number of hydrogen-bond donors (Lipinski definition) is 2. The molecule has 0 saturated heterocycles. The quantitative estimate of drug-likeness (QED) is 0.457. The van der Waals surface area contributed by atoms with Gasteiger partial charge in [-0.3, -0.25) is 19.7 Å². The van der Waals surface area contributed by atoms with Crippen LogP contribution < -0.4 is 15.4 Å². The van der Waals surface area contributed by atoms with Crippen molar-refractivity contribution in [2.75, 3.05) is 17.7 Å². The highest BCUT2D eigenvalue weighted by atomic mass is 16.6. The van der Waals surface area contributed by atoms with Crippen LogP contribution >= 0.6 is 0 Å². The highest BCUT2D eigenvalue weighted by molar-refractivity contribution is 6.43. The van der Waals surface area contributed by atoms with Gasteiger partial charge in [0.25, 0.3) is 5.69 Å². The number of benzene rings is 2. The van der Waals surface area contributed by atoms with Crippen LogP contribution in [0.15, 0.2) is 42.5 Å². The monoisotopic (exact) mass is 371 g/mol. The summed E-state index contributed by atoms with van der Waals surface area (Å²) >= 11 is 0. The Morgan fingerprint density at radius 3 is 2.33 bits per heavy atom. The van der Waals surface area contributed by atoms with Gasteiger partial charge < -0.3 is 15.4 Å². The Balaban J connectivity index is 2.19. The minimum Gasteiger partial charge on any atom is -0.495 e. The fourth-order valence-corrected chi connectivity index (χ4v) is 2.53. The highest BCUT2D eigenvalue weighted by Crippen LogP contribution is 2.29. The van der Waals surface area contributed by atoms with Gasteiger partial charge in [-0.1, -0.05) is 32.0 Å². The van der Waals surface area contributed by atoms with Gasteiger partial charge in [-0.2, -0.15) is 0 Å². The van der Waals surface area contributed by atoms with Gasteiger partial charge in [-0.25, -0.2) is 0 Å². The Hall–Kier alpha value is -3.42. The minimum absolute atomic E-state index is 0.0436. The first-order valence-corrected chi connectivity index (χ1v) is 8.41. The van der Waals surface area contributed by atoms with E-state index in [1.807, 2.05) is 26.0 Å². The van der Waals surface area contributed by atoms with Crippen molar-refractivity contribution in [3.63, 3.8) is 0 Å². The van der Waals surface area contributed by atoms with Crippen LogP contribution in [0.4, 0.5) is 17.1 Å². The van der Waals surface area contributed by atoms with Crippen molar-refractivity contribution < 1.29 is 19.2 Å². The second-order valence-electron chi connectivity index (χ2n) is 5.95. The third kappa shape index (κ3) is 4.81. The number of carbonyl (C=O) groups is 2. The van der Waals surface area contributed by atoms with Crippen LogP contribution in [0.3, 0.4) is 0 Å². The van der Waals surface area contributed by atoms with Crippen LogP contribution in [-0.2, 0) is 9.59 Å². The molecule has 8 nitrogen and oxygen atoms in total. The van der Waals surface area contributed by atoms with Gasteiger partial charge in [0.15, 0.2) is 0 Å². The number of nitrogens with one attached hydrogen (secondary N) is 2. The number of carbonyl (C=O) groups excluding carboxylic acids is 2. The van der Waals surface area contributed by atoms with Crippen molar-refractivity contribution in [2.24, 2.45) is 0 Å². The molecule has 0 radical (unpaired) electrons.